The topological polar surface area (TPSA) is 12.0 Å². The largest absolute Gasteiger partial charge is 0.313 e. The van der Waals surface area contributed by atoms with Crippen LogP contribution >= 0.6 is 11.6 Å². The zero-order valence-corrected chi connectivity index (χ0v) is 8.56. The first-order chi connectivity index (χ1) is 6.31. The lowest BCUT2D eigenvalue weighted by molar-refractivity contribution is 0.496. The molecule has 1 N–H and O–H groups in total. The SMILES string of the molecule is CNC1CCCc2ccc(Cl)cc21. The highest BCUT2D eigenvalue weighted by molar-refractivity contribution is 6.30. The van der Waals surface area contributed by atoms with Crippen LogP contribution in [0.3, 0.4) is 0 Å². The Morgan fingerprint density at radius 1 is 1.46 bits per heavy atom. The van der Waals surface area contributed by atoms with Gasteiger partial charge >= 0.3 is 0 Å². The van der Waals surface area contributed by atoms with Crippen LogP contribution in [0.4, 0.5) is 0 Å². The maximum absolute atomic E-state index is 5.97. The van der Waals surface area contributed by atoms with Gasteiger partial charge in [0.15, 0.2) is 0 Å². The predicted molar refractivity (Wildman–Crippen MR) is 56.2 cm³/mol. The Balaban J connectivity index is 2.41. The number of hydrogen-bond donors (Lipinski definition) is 1. The molecule has 0 fully saturated rings. The number of fused-ring (bicyclic) bond motifs is 1. The van der Waals surface area contributed by atoms with Crippen LogP contribution in [-0.4, -0.2) is 7.05 Å². The van der Waals surface area contributed by atoms with Crippen molar-refractivity contribution in [3.63, 3.8) is 0 Å². The smallest absolute Gasteiger partial charge is 0.0409 e. The molecular weight excluding hydrogens is 182 g/mol. The molecule has 1 unspecified atom stereocenters. The molecule has 1 aromatic carbocycles. The third-order valence-electron chi connectivity index (χ3n) is 2.77. The van der Waals surface area contributed by atoms with Crippen molar-refractivity contribution in [2.75, 3.05) is 7.05 Å². The van der Waals surface area contributed by atoms with Crippen molar-refractivity contribution >= 4 is 11.6 Å². The van der Waals surface area contributed by atoms with Crippen LogP contribution in [0.1, 0.15) is 30.0 Å². The average molecular weight is 196 g/mol. The van der Waals surface area contributed by atoms with E-state index in [9.17, 15) is 0 Å². The van der Waals surface area contributed by atoms with E-state index in [1.165, 1.54) is 30.4 Å². The molecule has 0 saturated carbocycles. The van der Waals surface area contributed by atoms with E-state index in [0.29, 0.717) is 6.04 Å². The normalized spacial score (nSPS) is 21.2. The summed E-state index contributed by atoms with van der Waals surface area (Å²) in [6.45, 7) is 0. The highest BCUT2D eigenvalue weighted by Gasteiger charge is 2.18. The first-order valence-electron chi connectivity index (χ1n) is 4.77. The number of halogens is 1. The lowest BCUT2D eigenvalue weighted by Crippen LogP contribution is -2.21. The van der Waals surface area contributed by atoms with Crippen LogP contribution in [0.2, 0.25) is 5.02 Å². The van der Waals surface area contributed by atoms with Gasteiger partial charge in [0, 0.05) is 11.1 Å². The minimum Gasteiger partial charge on any atom is -0.313 e. The minimum atomic E-state index is 0.502. The van der Waals surface area contributed by atoms with Gasteiger partial charge in [-0.2, -0.15) is 0 Å². The average Bonchev–Trinajstić information content (AvgIpc) is 2.17. The van der Waals surface area contributed by atoms with Crippen LogP contribution in [0, 0.1) is 0 Å². The molecular formula is C11H14ClN. The van der Waals surface area contributed by atoms with Crippen molar-refractivity contribution < 1.29 is 0 Å². The monoisotopic (exact) mass is 195 g/mol. The number of nitrogens with one attached hydrogen (secondary N) is 1. The van der Waals surface area contributed by atoms with Gasteiger partial charge in [-0.1, -0.05) is 17.7 Å². The van der Waals surface area contributed by atoms with Crippen molar-refractivity contribution in [2.45, 2.75) is 25.3 Å². The van der Waals surface area contributed by atoms with Crippen LogP contribution < -0.4 is 5.32 Å². The second-order valence-corrected chi connectivity index (χ2v) is 4.01. The van der Waals surface area contributed by atoms with Crippen molar-refractivity contribution in [2.24, 2.45) is 0 Å². The lowest BCUT2D eigenvalue weighted by Gasteiger charge is -2.25. The molecule has 1 aliphatic carbocycles. The van der Waals surface area contributed by atoms with Crippen LogP contribution in [-0.2, 0) is 6.42 Å². The van der Waals surface area contributed by atoms with E-state index in [-0.39, 0.29) is 0 Å². The van der Waals surface area contributed by atoms with Crippen LogP contribution in [0.25, 0.3) is 0 Å². The molecule has 1 atom stereocenters. The highest BCUT2D eigenvalue weighted by atomic mass is 35.5. The number of hydrogen-bond acceptors (Lipinski definition) is 1. The van der Waals surface area contributed by atoms with Crippen molar-refractivity contribution in [1.82, 2.24) is 5.32 Å². The number of aryl methyl sites for hydroxylation is 1. The summed E-state index contributed by atoms with van der Waals surface area (Å²) in [5.74, 6) is 0. The zero-order valence-electron chi connectivity index (χ0n) is 7.81. The summed E-state index contributed by atoms with van der Waals surface area (Å²) in [5, 5.41) is 4.18. The third kappa shape index (κ3) is 1.72. The molecule has 0 aromatic heterocycles. The molecule has 13 heavy (non-hydrogen) atoms. The summed E-state index contributed by atoms with van der Waals surface area (Å²) in [6.07, 6.45) is 3.70. The fourth-order valence-electron chi connectivity index (χ4n) is 2.07. The van der Waals surface area contributed by atoms with Gasteiger partial charge in [-0.05, 0) is 49.6 Å². The summed E-state index contributed by atoms with van der Waals surface area (Å²) in [4.78, 5) is 0. The van der Waals surface area contributed by atoms with Crippen molar-refractivity contribution in [3.8, 4) is 0 Å². The standard InChI is InChI=1S/C11H14ClN/c1-13-11-4-2-3-8-5-6-9(12)7-10(8)11/h5-7,11,13H,2-4H2,1H3. The van der Waals surface area contributed by atoms with Gasteiger partial charge in [0.2, 0.25) is 0 Å². The Morgan fingerprint density at radius 2 is 2.31 bits per heavy atom. The van der Waals surface area contributed by atoms with E-state index in [1.807, 2.05) is 13.1 Å². The molecule has 70 valence electrons. The molecule has 2 rings (SSSR count). The first kappa shape index (κ1) is 9.04. The molecule has 1 aromatic rings. The Labute approximate surface area is 84.1 Å². The fraction of sp³-hybridized carbons (Fsp3) is 0.455. The van der Waals surface area contributed by atoms with E-state index in [0.717, 1.165) is 5.02 Å². The summed E-state index contributed by atoms with van der Waals surface area (Å²) >= 11 is 5.97. The number of rotatable bonds is 1. The van der Waals surface area contributed by atoms with Crippen molar-refractivity contribution in [3.05, 3.63) is 34.3 Å². The van der Waals surface area contributed by atoms with Gasteiger partial charge in [0.05, 0.1) is 0 Å². The number of benzene rings is 1. The Bertz CT molecular complexity index is 309. The quantitative estimate of drug-likeness (QED) is 0.727. The summed E-state index contributed by atoms with van der Waals surface area (Å²) < 4.78 is 0. The first-order valence-corrected chi connectivity index (χ1v) is 5.14. The molecule has 0 bridgehead atoms. The molecule has 0 heterocycles. The van der Waals surface area contributed by atoms with E-state index >= 15 is 0 Å². The van der Waals surface area contributed by atoms with E-state index in [1.54, 1.807) is 0 Å². The molecule has 0 aliphatic heterocycles. The van der Waals surface area contributed by atoms with Crippen LogP contribution in [0.5, 0.6) is 0 Å². The van der Waals surface area contributed by atoms with Crippen molar-refractivity contribution in [1.29, 1.82) is 0 Å². The minimum absolute atomic E-state index is 0.502. The van der Waals surface area contributed by atoms with Gasteiger partial charge < -0.3 is 5.32 Å². The molecule has 0 radical (unpaired) electrons. The maximum Gasteiger partial charge on any atom is 0.0409 e. The zero-order chi connectivity index (χ0) is 9.26. The summed E-state index contributed by atoms with van der Waals surface area (Å²) in [6, 6.07) is 6.74. The summed E-state index contributed by atoms with van der Waals surface area (Å²) in [7, 11) is 2.01. The van der Waals surface area contributed by atoms with Gasteiger partial charge in [0.1, 0.15) is 0 Å². The predicted octanol–water partition coefficient (Wildman–Crippen LogP) is 2.94. The molecule has 0 amide bonds. The third-order valence-corrected chi connectivity index (χ3v) is 3.01. The summed E-state index contributed by atoms with van der Waals surface area (Å²) in [5.41, 5.74) is 2.84. The van der Waals surface area contributed by atoms with Gasteiger partial charge in [-0.15, -0.1) is 0 Å². The Hall–Kier alpha value is -0.530. The second kappa shape index (κ2) is 3.69. The highest BCUT2D eigenvalue weighted by Crippen LogP contribution is 2.31. The Morgan fingerprint density at radius 3 is 3.08 bits per heavy atom. The van der Waals surface area contributed by atoms with E-state index < -0.39 is 0 Å². The molecule has 2 heteroatoms. The maximum atomic E-state index is 5.97. The van der Waals surface area contributed by atoms with Gasteiger partial charge in [-0.3, -0.25) is 0 Å². The second-order valence-electron chi connectivity index (χ2n) is 3.58. The molecule has 0 saturated heterocycles. The van der Waals surface area contributed by atoms with E-state index in [4.69, 9.17) is 11.6 Å². The Kier molecular flexibility index (Phi) is 2.56. The van der Waals surface area contributed by atoms with Gasteiger partial charge in [-0.25, -0.2) is 0 Å². The van der Waals surface area contributed by atoms with Crippen LogP contribution in [0.15, 0.2) is 18.2 Å². The molecule has 1 aliphatic rings. The van der Waals surface area contributed by atoms with Gasteiger partial charge in [0.25, 0.3) is 0 Å². The fourth-order valence-corrected chi connectivity index (χ4v) is 2.25. The molecule has 0 spiro atoms. The molecule has 1 nitrogen and oxygen atoms in total. The van der Waals surface area contributed by atoms with E-state index in [2.05, 4.69) is 17.4 Å². The lowest BCUT2D eigenvalue weighted by atomic mass is 9.88.